The molecule has 0 bridgehead atoms. The minimum atomic E-state index is -0.357. The summed E-state index contributed by atoms with van der Waals surface area (Å²) in [6.07, 6.45) is 12.2. The largest absolute Gasteiger partial charge is 0.322 e. The summed E-state index contributed by atoms with van der Waals surface area (Å²) in [6, 6.07) is 11.5. The molecule has 1 N–H and O–H groups in total. The molecule has 0 saturated heterocycles. The average molecular weight is 488 g/mol. The lowest BCUT2D eigenvalue weighted by atomic mass is 9.89. The van der Waals surface area contributed by atoms with Crippen LogP contribution in [0.3, 0.4) is 0 Å². The van der Waals surface area contributed by atoms with E-state index in [1.165, 1.54) is 46.5 Å². The van der Waals surface area contributed by atoms with Crippen molar-refractivity contribution in [2.75, 3.05) is 25.0 Å². The molecule has 0 saturated carbocycles. The lowest BCUT2D eigenvalue weighted by Gasteiger charge is -2.27. The maximum absolute atomic E-state index is 13.1. The van der Waals surface area contributed by atoms with Crippen LogP contribution in [0.2, 0.25) is 0 Å². The number of halogens is 2. The van der Waals surface area contributed by atoms with Gasteiger partial charge < -0.3 is 5.32 Å². The topological polar surface area (TPSA) is 44.7 Å². The van der Waals surface area contributed by atoms with Gasteiger partial charge in [-0.15, -0.1) is 11.6 Å². The van der Waals surface area contributed by atoms with E-state index in [1.807, 2.05) is 36.6 Å². The minimum absolute atomic E-state index is 0.149. The lowest BCUT2D eigenvalue weighted by Crippen LogP contribution is -2.31. The number of hydrogen-bond acceptors (Lipinski definition) is 3. The summed E-state index contributed by atoms with van der Waals surface area (Å²) < 4.78 is 13.1. The third-order valence-electron chi connectivity index (χ3n) is 6.75. The number of nitrogens with zero attached hydrogens (tertiary/aromatic N) is 2. The normalized spacial score (nSPS) is 19.5. The Morgan fingerprint density at radius 2 is 2.03 bits per heavy atom. The van der Waals surface area contributed by atoms with Crippen LogP contribution in [0.1, 0.15) is 27.9 Å². The number of rotatable bonds is 6. The van der Waals surface area contributed by atoms with Gasteiger partial charge in [-0.25, -0.2) is 4.39 Å². The second-order valence-corrected chi connectivity index (χ2v) is 9.53. The van der Waals surface area contributed by atoms with Gasteiger partial charge in [0.15, 0.2) is 0 Å². The molecule has 2 aromatic carbocycles. The molecule has 6 heteroatoms. The summed E-state index contributed by atoms with van der Waals surface area (Å²) in [7, 11) is 0. The highest BCUT2D eigenvalue weighted by atomic mass is 35.5. The van der Waals surface area contributed by atoms with Crippen LogP contribution < -0.4 is 5.32 Å². The molecule has 5 rings (SSSR count). The summed E-state index contributed by atoms with van der Waals surface area (Å²) in [5, 5.41) is 2.78. The molecule has 178 valence electrons. The fraction of sp³-hybridized carbons (Fsp3) is 0.241. The van der Waals surface area contributed by atoms with E-state index in [2.05, 4.69) is 34.3 Å². The Balaban J connectivity index is 1.18. The van der Waals surface area contributed by atoms with Gasteiger partial charge in [0.1, 0.15) is 5.82 Å². The third kappa shape index (κ3) is 5.21. The number of aliphatic imine (C=N–C) groups is 1. The molecule has 4 nitrogen and oxygen atoms in total. The summed E-state index contributed by atoms with van der Waals surface area (Å²) >= 11 is 6.38. The molecule has 2 aliphatic heterocycles. The fourth-order valence-corrected chi connectivity index (χ4v) is 4.92. The predicted octanol–water partition coefficient (Wildman–Crippen LogP) is 6.00. The quantitative estimate of drug-likeness (QED) is 0.508. The van der Waals surface area contributed by atoms with E-state index < -0.39 is 0 Å². The molecular formula is C29H27ClFN3O. The summed E-state index contributed by atoms with van der Waals surface area (Å²) in [4.78, 5) is 19.5. The van der Waals surface area contributed by atoms with Crippen molar-refractivity contribution in [2.24, 2.45) is 4.99 Å². The maximum atomic E-state index is 13.1. The van der Waals surface area contributed by atoms with E-state index in [0.29, 0.717) is 5.56 Å². The van der Waals surface area contributed by atoms with Crippen molar-refractivity contribution >= 4 is 28.9 Å². The van der Waals surface area contributed by atoms with Crippen LogP contribution in [0, 0.1) is 12.7 Å². The highest BCUT2D eigenvalue weighted by Gasteiger charge is 2.27. The molecule has 2 aromatic rings. The Morgan fingerprint density at radius 1 is 1.20 bits per heavy atom. The maximum Gasteiger partial charge on any atom is 0.255 e. The molecular weight excluding hydrogens is 461 g/mol. The van der Waals surface area contributed by atoms with Gasteiger partial charge in [-0.2, -0.15) is 0 Å². The number of alkyl halides is 1. The zero-order valence-electron chi connectivity index (χ0n) is 19.6. The zero-order chi connectivity index (χ0) is 24.4. The van der Waals surface area contributed by atoms with E-state index in [0.717, 1.165) is 49.4 Å². The highest BCUT2D eigenvalue weighted by Crippen LogP contribution is 2.34. The van der Waals surface area contributed by atoms with Crippen molar-refractivity contribution in [3.8, 4) is 0 Å². The smallest absolute Gasteiger partial charge is 0.255 e. The molecule has 35 heavy (non-hydrogen) atoms. The van der Waals surface area contributed by atoms with E-state index in [4.69, 9.17) is 11.6 Å². The van der Waals surface area contributed by atoms with Gasteiger partial charge in [-0.3, -0.25) is 14.7 Å². The Hall–Kier alpha value is -3.28. The number of hydrogen-bond donors (Lipinski definition) is 1. The SMILES string of the molecule is Cc1ccc(NC(=O)c2ccc(F)cc2)cc1CCN1CC=C(C2=CN=C3C2=CC=CC3Cl)CC1. The first-order chi connectivity index (χ1) is 17.0. The van der Waals surface area contributed by atoms with Gasteiger partial charge >= 0.3 is 0 Å². The Morgan fingerprint density at radius 3 is 2.80 bits per heavy atom. The first-order valence-corrected chi connectivity index (χ1v) is 12.3. The number of amides is 1. The van der Waals surface area contributed by atoms with Crippen molar-refractivity contribution in [2.45, 2.75) is 25.1 Å². The van der Waals surface area contributed by atoms with Gasteiger partial charge in [0, 0.05) is 48.2 Å². The fourth-order valence-electron chi connectivity index (χ4n) is 4.66. The number of benzene rings is 2. The van der Waals surface area contributed by atoms with Crippen LogP contribution in [-0.2, 0) is 6.42 Å². The van der Waals surface area contributed by atoms with E-state index in [-0.39, 0.29) is 17.1 Å². The van der Waals surface area contributed by atoms with Crippen molar-refractivity contribution in [3.05, 3.63) is 112 Å². The molecule has 0 fully saturated rings. The molecule has 0 radical (unpaired) electrons. The zero-order valence-corrected chi connectivity index (χ0v) is 20.4. The summed E-state index contributed by atoms with van der Waals surface area (Å²) in [6.45, 7) is 4.92. The van der Waals surface area contributed by atoms with Crippen molar-refractivity contribution < 1.29 is 9.18 Å². The van der Waals surface area contributed by atoms with Crippen LogP contribution in [0.15, 0.2) is 94.7 Å². The number of anilines is 1. The molecule has 1 atom stereocenters. The molecule has 1 aliphatic carbocycles. The van der Waals surface area contributed by atoms with Gasteiger partial charge in [0.2, 0.25) is 0 Å². The Bertz CT molecular complexity index is 1300. The minimum Gasteiger partial charge on any atom is -0.322 e. The second kappa shape index (κ2) is 10.1. The van der Waals surface area contributed by atoms with Crippen molar-refractivity contribution in [1.29, 1.82) is 0 Å². The molecule has 0 aromatic heterocycles. The van der Waals surface area contributed by atoms with Crippen LogP contribution in [0.4, 0.5) is 10.1 Å². The Labute approximate surface area is 210 Å². The van der Waals surface area contributed by atoms with Crippen LogP contribution in [0.25, 0.3) is 0 Å². The number of aryl methyl sites for hydroxylation is 1. The molecule has 0 spiro atoms. The average Bonchev–Trinajstić information content (AvgIpc) is 3.30. The molecule has 2 heterocycles. The first-order valence-electron chi connectivity index (χ1n) is 11.9. The van der Waals surface area contributed by atoms with Gasteiger partial charge in [-0.1, -0.05) is 30.4 Å². The second-order valence-electron chi connectivity index (χ2n) is 9.06. The third-order valence-corrected chi connectivity index (χ3v) is 7.11. The van der Waals surface area contributed by atoms with E-state index in [9.17, 15) is 9.18 Å². The lowest BCUT2D eigenvalue weighted by molar-refractivity contribution is 0.102. The number of nitrogens with one attached hydrogen (secondary N) is 1. The van der Waals surface area contributed by atoms with E-state index >= 15 is 0 Å². The van der Waals surface area contributed by atoms with Gasteiger partial charge in [0.05, 0.1) is 11.1 Å². The standard InChI is InChI=1S/C29H27ClFN3O/c1-19-5-10-24(33-29(35)21-6-8-23(31)9-7-21)17-22(19)13-16-34-14-11-20(12-15-34)26-18-32-28-25(26)3-2-4-27(28)30/h2-11,17-18,27H,12-16H2,1H3,(H,33,35). The van der Waals surface area contributed by atoms with Crippen molar-refractivity contribution in [3.63, 3.8) is 0 Å². The first kappa shape index (κ1) is 23.5. The number of carbonyl (C=O) groups excluding carboxylic acids is 1. The van der Waals surface area contributed by atoms with Crippen LogP contribution in [0.5, 0.6) is 0 Å². The van der Waals surface area contributed by atoms with Crippen LogP contribution in [-0.4, -0.2) is 41.5 Å². The van der Waals surface area contributed by atoms with Gasteiger partial charge in [0.25, 0.3) is 5.91 Å². The molecule has 3 aliphatic rings. The molecule has 1 amide bonds. The number of fused-ring (bicyclic) bond motifs is 1. The van der Waals surface area contributed by atoms with Crippen LogP contribution >= 0.6 is 11.6 Å². The summed E-state index contributed by atoms with van der Waals surface area (Å²) in [5.74, 6) is -0.602. The monoisotopic (exact) mass is 487 g/mol. The van der Waals surface area contributed by atoms with E-state index in [1.54, 1.807) is 0 Å². The molecule has 1 unspecified atom stereocenters. The highest BCUT2D eigenvalue weighted by molar-refractivity contribution is 6.38. The van der Waals surface area contributed by atoms with Gasteiger partial charge in [-0.05, 0) is 72.9 Å². The number of carbonyl (C=O) groups is 1. The summed E-state index contributed by atoms with van der Waals surface area (Å²) in [5.41, 5.74) is 8.24. The predicted molar refractivity (Wildman–Crippen MR) is 141 cm³/mol. The van der Waals surface area contributed by atoms with Crippen molar-refractivity contribution in [1.82, 2.24) is 4.90 Å². The number of allylic oxidation sites excluding steroid dienone is 5. The Kier molecular flexibility index (Phi) is 6.80.